The predicted octanol–water partition coefficient (Wildman–Crippen LogP) is 6.95. The molecule has 0 bridgehead atoms. The van der Waals surface area contributed by atoms with Crippen LogP contribution in [0.2, 0.25) is 0 Å². The van der Waals surface area contributed by atoms with Gasteiger partial charge in [-0.1, -0.05) is 89.7 Å². The van der Waals surface area contributed by atoms with Crippen molar-refractivity contribution in [1.82, 2.24) is 4.90 Å². The van der Waals surface area contributed by atoms with E-state index >= 15 is 0 Å². The summed E-state index contributed by atoms with van der Waals surface area (Å²) in [6, 6.07) is 0.113. The summed E-state index contributed by atoms with van der Waals surface area (Å²) >= 11 is 0. The molecule has 0 spiro atoms. The summed E-state index contributed by atoms with van der Waals surface area (Å²) in [6.45, 7) is 6.63. The number of carbonyl (C=O) groups is 2. The van der Waals surface area contributed by atoms with Crippen LogP contribution in [0.5, 0.6) is 0 Å². The molecule has 0 radical (unpaired) electrons. The lowest BCUT2D eigenvalue weighted by Crippen LogP contribution is -2.39. The summed E-state index contributed by atoms with van der Waals surface area (Å²) in [6.07, 6.45) is 20.1. The van der Waals surface area contributed by atoms with Gasteiger partial charge >= 0.3 is 0 Å². The minimum absolute atomic E-state index is 0.0520. The quantitative estimate of drug-likeness (QED) is 0.166. The van der Waals surface area contributed by atoms with Crippen LogP contribution in [-0.2, 0) is 9.59 Å². The van der Waals surface area contributed by atoms with Crippen molar-refractivity contribution in [2.24, 2.45) is 0 Å². The van der Waals surface area contributed by atoms with Gasteiger partial charge in [0.05, 0.1) is 0 Å². The highest BCUT2D eigenvalue weighted by Gasteiger charge is 2.34. The Balaban J connectivity index is 2.36. The van der Waals surface area contributed by atoms with E-state index in [1.165, 1.54) is 63.4 Å². The molecule has 1 fully saturated rings. The maximum Gasteiger partial charge on any atom is 0.229 e. The van der Waals surface area contributed by atoms with Gasteiger partial charge in [0.25, 0.3) is 0 Å². The number of rotatable bonds is 16. The van der Waals surface area contributed by atoms with E-state index in [0.29, 0.717) is 12.8 Å². The predicted molar refractivity (Wildman–Crippen MR) is 115 cm³/mol. The van der Waals surface area contributed by atoms with E-state index in [9.17, 15) is 9.59 Å². The third-order valence-corrected chi connectivity index (χ3v) is 5.75. The Hall–Kier alpha value is -1.12. The zero-order chi connectivity index (χ0) is 19.9. The van der Waals surface area contributed by atoms with Gasteiger partial charge in [0, 0.05) is 18.9 Å². The Morgan fingerprint density at radius 1 is 0.852 bits per heavy atom. The smallest absolute Gasteiger partial charge is 0.229 e. The molecule has 156 valence electrons. The molecule has 1 unspecified atom stereocenters. The second-order valence-electron chi connectivity index (χ2n) is 8.31. The number of nitrogens with zero attached hydrogens (tertiary/aromatic N) is 1. The first-order valence-corrected chi connectivity index (χ1v) is 11.6. The van der Waals surface area contributed by atoms with Crippen molar-refractivity contribution in [3.05, 3.63) is 11.6 Å². The first kappa shape index (κ1) is 23.9. The molecule has 3 nitrogen and oxygen atoms in total. The molecule has 1 saturated heterocycles. The summed E-state index contributed by atoms with van der Waals surface area (Å²) in [5, 5.41) is 0. The number of unbranched alkanes of at least 4 members (excludes halogenated alkanes) is 9. The van der Waals surface area contributed by atoms with Gasteiger partial charge in [-0.25, -0.2) is 0 Å². The van der Waals surface area contributed by atoms with Crippen molar-refractivity contribution >= 4 is 11.8 Å². The average Bonchev–Trinajstić information content (AvgIpc) is 2.99. The fourth-order valence-corrected chi connectivity index (χ4v) is 3.98. The van der Waals surface area contributed by atoms with Crippen LogP contribution in [0.3, 0.4) is 0 Å². The summed E-state index contributed by atoms with van der Waals surface area (Å²) < 4.78 is 0. The van der Waals surface area contributed by atoms with Gasteiger partial charge < -0.3 is 0 Å². The van der Waals surface area contributed by atoms with Crippen molar-refractivity contribution in [3.63, 3.8) is 0 Å². The summed E-state index contributed by atoms with van der Waals surface area (Å²) in [5.41, 5.74) is 1.40. The zero-order valence-electron chi connectivity index (χ0n) is 18.2. The van der Waals surface area contributed by atoms with Gasteiger partial charge in [0.1, 0.15) is 0 Å². The van der Waals surface area contributed by atoms with E-state index in [-0.39, 0.29) is 17.9 Å². The second kappa shape index (κ2) is 14.9. The minimum Gasteiger partial charge on any atom is -0.279 e. The van der Waals surface area contributed by atoms with Crippen LogP contribution in [0.4, 0.5) is 0 Å². The molecule has 1 rings (SSSR count). The van der Waals surface area contributed by atoms with Crippen LogP contribution < -0.4 is 0 Å². The molecule has 0 N–H and O–H groups in total. The Morgan fingerprint density at radius 3 is 1.96 bits per heavy atom. The average molecular weight is 378 g/mol. The zero-order valence-corrected chi connectivity index (χ0v) is 18.2. The van der Waals surface area contributed by atoms with E-state index in [0.717, 1.165) is 32.1 Å². The number of hydrogen-bond acceptors (Lipinski definition) is 2. The Labute approximate surface area is 168 Å². The third-order valence-electron chi connectivity index (χ3n) is 5.75. The van der Waals surface area contributed by atoms with Crippen LogP contribution in [0.15, 0.2) is 11.6 Å². The molecule has 0 aliphatic carbocycles. The summed E-state index contributed by atoms with van der Waals surface area (Å²) in [5.74, 6) is 0.104. The summed E-state index contributed by atoms with van der Waals surface area (Å²) in [4.78, 5) is 26.0. The van der Waals surface area contributed by atoms with E-state index in [1.54, 1.807) is 4.90 Å². The SMILES string of the molecule is CCC/C=C(\C)CCC(CCCCCCCCCCC)N1C(=O)CCC1=O. The summed E-state index contributed by atoms with van der Waals surface area (Å²) in [7, 11) is 0. The fourth-order valence-electron chi connectivity index (χ4n) is 3.98. The third kappa shape index (κ3) is 10.1. The van der Waals surface area contributed by atoms with Gasteiger partial charge in [-0.05, 0) is 32.6 Å². The fraction of sp³-hybridized carbons (Fsp3) is 0.833. The number of imide groups is 1. The number of allylic oxidation sites excluding steroid dienone is 2. The van der Waals surface area contributed by atoms with Gasteiger partial charge in [0.15, 0.2) is 0 Å². The van der Waals surface area contributed by atoms with Crippen LogP contribution >= 0.6 is 0 Å². The number of amides is 2. The number of carbonyl (C=O) groups excluding carboxylic acids is 2. The molecule has 0 aromatic rings. The first-order chi connectivity index (χ1) is 13.1. The van der Waals surface area contributed by atoms with Gasteiger partial charge in [-0.15, -0.1) is 0 Å². The molecule has 3 heteroatoms. The van der Waals surface area contributed by atoms with E-state index in [1.807, 2.05) is 0 Å². The van der Waals surface area contributed by atoms with Crippen LogP contribution in [0.1, 0.15) is 124 Å². The standard InChI is InChI=1S/C24H43NO2/c1-4-6-8-9-10-11-12-13-14-16-22(18-17-21(3)15-7-5-2)25-23(26)19-20-24(25)27/h15,22H,4-14,16-20H2,1-3H3/b21-15+. The van der Waals surface area contributed by atoms with E-state index in [4.69, 9.17) is 0 Å². The Bertz CT molecular complexity index is 439. The van der Waals surface area contributed by atoms with Crippen molar-refractivity contribution in [3.8, 4) is 0 Å². The molecule has 1 atom stereocenters. The number of hydrogen-bond donors (Lipinski definition) is 0. The van der Waals surface area contributed by atoms with Crippen molar-refractivity contribution in [2.75, 3.05) is 0 Å². The lowest BCUT2D eigenvalue weighted by Gasteiger charge is -2.26. The van der Waals surface area contributed by atoms with Crippen molar-refractivity contribution < 1.29 is 9.59 Å². The maximum absolute atomic E-state index is 12.2. The van der Waals surface area contributed by atoms with Crippen LogP contribution in [0.25, 0.3) is 0 Å². The van der Waals surface area contributed by atoms with E-state index < -0.39 is 0 Å². The largest absolute Gasteiger partial charge is 0.279 e. The molecule has 1 aliphatic heterocycles. The lowest BCUT2D eigenvalue weighted by atomic mass is 9.98. The van der Waals surface area contributed by atoms with Gasteiger partial charge in [-0.2, -0.15) is 0 Å². The number of likely N-dealkylation sites (tertiary alicyclic amines) is 1. The molecule has 1 heterocycles. The Morgan fingerprint density at radius 2 is 1.41 bits per heavy atom. The highest BCUT2D eigenvalue weighted by atomic mass is 16.2. The first-order valence-electron chi connectivity index (χ1n) is 11.6. The maximum atomic E-state index is 12.2. The van der Waals surface area contributed by atoms with Crippen LogP contribution in [0, 0.1) is 0 Å². The topological polar surface area (TPSA) is 37.4 Å². The Kier molecular flexibility index (Phi) is 13.2. The second-order valence-corrected chi connectivity index (χ2v) is 8.31. The molecule has 0 aromatic heterocycles. The molecule has 27 heavy (non-hydrogen) atoms. The lowest BCUT2D eigenvalue weighted by molar-refractivity contribution is -0.141. The highest BCUT2D eigenvalue weighted by Crippen LogP contribution is 2.24. The van der Waals surface area contributed by atoms with Crippen LogP contribution in [-0.4, -0.2) is 22.8 Å². The van der Waals surface area contributed by atoms with Crippen molar-refractivity contribution in [2.45, 2.75) is 130 Å². The molecule has 0 saturated carbocycles. The molecule has 2 amide bonds. The van der Waals surface area contributed by atoms with E-state index in [2.05, 4.69) is 26.8 Å². The van der Waals surface area contributed by atoms with Gasteiger partial charge in [-0.3, -0.25) is 14.5 Å². The van der Waals surface area contributed by atoms with Crippen molar-refractivity contribution in [1.29, 1.82) is 0 Å². The van der Waals surface area contributed by atoms with Gasteiger partial charge in [0.2, 0.25) is 11.8 Å². The normalized spacial score (nSPS) is 16.4. The molecule has 0 aromatic carbocycles. The minimum atomic E-state index is 0.0520. The molecular formula is C24H43NO2. The highest BCUT2D eigenvalue weighted by molar-refractivity contribution is 6.02. The monoisotopic (exact) mass is 377 g/mol. The molecule has 1 aliphatic rings. The molecular weight excluding hydrogens is 334 g/mol.